The molecule has 6 nitrogen and oxygen atoms in total. The molecular weight excluding hydrogens is 308 g/mol. The molecule has 0 N–H and O–H groups in total. The number of methoxy groups -OCH3 is 1. The van der Waals surface area contributed by atoms with Crippen LogP contribution in [-0.4, -0.2) is 23.0 Å². The number of aromatic nitrogens is 2. The number of hydrogen-bond donors (Lipinski definition) is 0. The average Bonchev–Trinajstić information content (AvgIpc) is 2.95. The number of oxazole rings is 1. The lowest BCUT2D eigenvalue weighted by Crippen LogP contribution is -2.11. The molecule has 6 heteroatoms. The largest absolute Gasteiger partial charge is 0.480 e. The zero-order chi connectivity index (χ0) is 17.1. The van der Waals surface area contributed by atoms with Crippen LogP contribution < -0.4 is 9.47 Å². The SMILES string of the molecule is COc1ncccc1C(=O)Oc1nc(-c2ccccc2C)oc1C. The smallest absolute Gasteiger partial charge is 0.350 e. The van der Waals surface area contributed by atoms with Gasteiger partial charge in [-0.15, -0.1) is 0 Å². The summed E-state index contributed by atoms with van der Waals surface area (Å²) >= 11 is 0. The third kappa shape index (κ3) is 2.99. The van der Waals surface area contributed by atoms with Gasteiger partial charge >= 0.3 is 5.97 Å². The van der Waals surface area contributed by atoms with Crippen molar-refractivity contribution in [2.45, 2.75) is 13.8 Å². The van der Waals surface area contributed by atoms with E-state index in [1.807, 2.05) is 31.2 Å². The summed E-state index contributed by atoms with van der Waals surface area (Å²) in [7, 11) is 1.44. The fourth-order valence-electron chi connectivity index (χ4n) is 2.26. The Labute approximate surface area is 139 Å². The van der Waals surface area contributed by atoms with E-state index >= 15 is 0 Å². The minimum absolute atomic E-state index is 0.129. The molecule has 0 saturated carbocycles. The van der Waals surface area contributed by atoms with Gasteiger partial charge in [0.05, 0.1) is 7.11 Å². The lowest BCUT2D eigenvalue weighted by Gasteiger charge is -2.05. The maximum Gasteiger partial charge on any atom is 0.350 e. The Morgan fingerprint density at radius 2 is 1.88 bits per heavy atom. The zero-order valence-corrected chi connectivity index (χ0v) is 13.6. The van der Waals surface area contributed by atoms with Crippen LogP contribution in [0.1, 0.15) is 21.7 Å². The zero-order valence-electron chi connectivity index (χ0n) is 13.6. The van der Waals surface area contributed by atoms with E-state index in [2.05, 4.69) is 9.97 Å². The highest BCUT2D eigenvalue weighted by Gasteiger charge is 2.20. The third-order valence-corrected chi connectivity index (χ3v) is 3.50. The highest BCUT2D eigenvalue weighted by molar-refractivity contribution is 5.93. The van der Waals surface area contributed by atoms with Gasteiger partial charge in [0.2, 0.25) is 11.8 Å². The molecule has 24 heavy (non-hydrogen) atoms. The van der Waals surface area contributed by atoms with Crippen LogP contribution in [0.4, 0.5) is 0 Å². The van der Waals surface area contributed by atoms with E-state index in [1.165, 1.54) is 13.3 Å². The van der Waals surface area contributed by atoms with Gasteiger partial charge < -0.3 is 13.9 Å². The van der Waals surface area contributed by atoms with Crippen LogP contribution >= 0.6 is 0 Å². The number of esters is 1. The van der Waals surface area contributed by atoms with Crippen molar-refractivity contribution in [2.24, 2.45) is 0 Å². The van der Waals surface area contributed by atoms with E-state index in [0.29, 0.717) is 11.7 Å². The van der Waals surface area contributed by atoms with Crippen LogP contribution in [0.2, 0.25) is 0 Å². The molecule has 0 bridgehead atoms. The standard InChI is InChI=1S/C18H16N2O4/c1-11-7-4-5-8-13(11)17-20-15(12(2)23-17)24-18(21)14-9-6-10-19-16(14)22-3/h4-10H,1-3H3. The second-order valence-electron chi connectivity index (χ2n) is 5.15. The molecule has 0 radical (unpaired) electrons. The number of hydrogen-bond acceptors (Lipinski definition) is 6. The minimum atomic E-state index is -0.604. The molecule has 3 rings (SSSR count). The van der Waals surface area contributed by atoms with Crippen molar-refractivity contribution in [3.8, 4) is 23.2 Å². The quantitative estimate of drug-likeness (QED) is 0.683. The first kappa shape index (κ1) is 15.7. The van der Waals surface area contributed by atoms with Crippen molar-refractivity contribution in [1.29, 1.82) is 0 Å². The first-order chi connectivity index (χ1) is 11.6. The number of nitrogens with zero attached hydrogens (tertiary/aromatic N) is 2. The summed E-state index contributed by atoms with van der Waals surface area (Å²) in [4.78, 5) is 20.6. The molecule has 0 saturated heterocycles. The summed E-state index contributed by atoms with van der Waals surface area (Å²) in [6.07, 6.45) is 1.53. The van der Waals surface area contributed by atoms with E-state index < -0.39 is 5.97 Å². The van der Waals surface area contributed by atoms with E-state index in [9.17, 15) is 4.79 Å². The Hall–Kier alpha value is -3.15. The lowest BCUT2D eigenvalue weighted by atomic mass is 10.1. The minimum Gasteiger partial charge on any atom is -0.480 e. The van der Waals surface area contributed by atoms with E-state index in [-0.39, 0.29) is 17.3 Å². The molecule has 0 atom stereocenters. The molecule has 122 valence electrons. The number of rotatable bonds is 4. The number of aryl methyl sites for hydroxylation is 2. The summed E-state index contributed by atoms with van der Waals surface area (Å²) in [5.74, 6) is 0.552. The Balaban J connectivity index is 1.89. The van der Waals surface area contributed by atoms with Crippen molar-refractivity contribution >= 4 is 5.97 Å². The van der Waals surface area contributed by atoms with Crippen molar-refractivity contribution in [1.82, 2.24) is 9.97 Å². The molecule has 0 fully saturated rings. The van der Waals surface area contributed by atoms with Crippen LogP contribution in [0.3, 0.4) is 0 Å². The van der Waals surface area contributed by atoms with Gasteiger partial charge in [0.15, 0.2) is 5.76 Å². The molecular formula is C18H16N2O4. The van der Waals surface area contributed by atoms with E-state index in [0.717, 1.165) is 11.1 Å². The summed E-state index contributed by atoms with van der Waals surface area (Å²) < 4.78 is 16.1. The molecule has 1 aromatic carbocycles. The first-order valence-corrected chi connectivity index (χ1v) is 7.34. The van der Waals surface area contributed by atoms with Gasteiger partial charge in [-0.1, -0.05) is 18.2 Å². The van der Waals surface area contributed by atoms with Crippen molar-refractivity contribution in [2.75, 3.05) is 7.11 Å². The normalized spacial score (nSPS) is 10.5. The molecule has 2 heterocycles. The predicted octanol–water partition coefficient (Wildman–Crippen LogP) is 3.58. The molecule has 3 aromatic rings. The second-order valence-corrected chi connectivity index (χ2v) is 5.15. The van der Waals surface area contributed by atoms with Crippen LogP contribution in [0.5, 0.6) is 11.8 Å². The number of pyridine rings is 1. The van der Waals surface area contributed by atoms with Gasteiger partial charge in [0.25, 0.3) is 5.88 Å². The molecule has 0 amide bonds. The Morgan fingerprint density at radius 3 is 2.62 bits per heavy atom. The van der Waals surface area contributed by atoms with Gasteiger partial charge in [-0.2, -0.15) is 4.98 Å². The fraction of sp³-hybridized carbons (Fsp3) is 0.167. The first-order valence-electron chi connectivity index (χ1n) is 7.34. The molecule has 2 aromatic heterocycles. The Bertz CT molecular complexity index is 886. The van der Waals surface area contributed by atoms with Gasteiger partial charge in [0.1, 0.15) is 5.56 Å². The van der Waals surface area contributed by atoms with Crippen molar-refractivity contribution in [3.63, 3.8) is 0 Å². The molecule has 0 aliphatic rings. The fourth-order valence-corrected chi connectivity index (χ4v) is 2.26. The third-order valence-electron chi connectivity index (χ3n) is 3.50. The van der Waals surface area contributed by atoms with Crippen molar-refractivity contribution in [3.05, 3.63) is 59.5 Å². The summed E-state index contributed by atoms with van der Waals surface area (Å²) in [6.45, 7) is 3.65. The van der Waals surface area contributed by atoms with E-state index in [4.69, 9.17) is 13.9 Å². The van der Waals surface area contributed by atoms with Crippen molar-refractivity contribution < 1.29 is 18.7 Å². The van der Waals surface area contributed by atoms with Crippen LogP contribution in [0.15, 0.2) is 47.0 Å². The molecule has 0 spiro atoms. The molecule has 0 aliphatic carbocycles. The van der Waals surface area contributed by atoms with Crippen LogP contribution in [-0.2, 0) is 0 Å². The van der Waals surface area contributed by atoms with E-state index in [1.54, 1.807) is 19.1 Å². The van der Waals surface area contributed by atoms with Crippen LogP contribution in [0.25, 0.3) is 11.5 Å². The Morgan fingerprint density at radius 1 is 1.08 bits per heavy atom. The maximum atomic E-state index is 12.3. The molecule has 0 aliphatic heterocycles. The Kier molecular flexibility index (Phi) is 4.29. The topological polar surface area (TPSA) is 74.5 Å². The van der Waals surface area contributed by atoms with Gasteiger partial charge in [-0.3, -0.25) is 0 Å². The molecule has 0 unspecified atom stereocenters. The van der Waals surface area contributed by atoms with Gasteiger partial charge in [-0.05, 0) is 37.6 Å². The van der Waals surface area contributed by atoms with Crippen LogP contribution in [0, 0.1) is 13.8 Å². The second kappa shape index (κ2) is 6.54. The monoisotopic (exact) mass is 324 g/mol. The summed E-state index contributed by atoms with van der Waals surface area (Å²) in [6, 6.07) is 10.9. The number of benzene rings is 1. The van der Waals surface area contributed by atoms with Gasteiger partial charge in [-0.25, -0.2) is 9.78 Å². The number of ether oxygens (including phenoxy) is 2. The lowest BCUT2D eigenvalue weighted by molar-refractivity contribution is 0.0721. The number of carbonyl (C=O) groups excluding carboxylic acids is 1. The highest BCUT2D eigenvalue weighted by atomic mass is 16.6. The predicted molar refractivity (Wildman–Crippen MR) is 87.2 cm³/mol. The average molecular weight is 324 g/mol. The summed E-state index contributed by atoms with van der Waals surface area (Å²) in [5.41, 5.74) is 2.09. The maximum absolute atomic E-state index is 12.3. The summed E-state index contributed by atoms with van der Waals surface area (Å²) in [5, 5.41) is 0. The highest BCUT2D eigenvalue weighted by Crippen LogP contribution is 2.29. The number of carbonyl (C=O) groups is 1. The van der Waals surface area contributed by atoms with Gasteiger partial charge in [0, 0.05) is 11.8 Å².